The maximum absolute atomic E-state index is 12.7. The van der Waals surface area contributed by atoms with Gasteiger partial charge in [0.15, 0.2) is 6.61 Å². The van der Waals surface area contributed by atoms with Gasteiger partial charge in [-0.3, -0.25) is 0 Å². The number of esters is 1. The van der Waals surface area contributed by atoms with Gasteiger partial charge in [-0.15, -0.1) is 0 Å². The van der Waals surface area contributed by atoms with Gasteiger partial charge in [0.25, 0.3) is 0 Å². The Labute approximate surface area is 152 Å². The van der Waals surface area contributed by atoms with Gasteiger partial charge in [0.05, 0.1) is 17.7 Å². The molecule has 0 saturated carbocycles. The molecular formula is C18H14F3NO3S. The minimum Gasteiger partial charge on any atom is -0.482 e. The van der Waals surface area contributed by atoms with Crippen molar-refractivity contribution in [3.8, 4) is 11.8 Å². The molecule has 0 radical (unpaired) electrons. The van der Waals surface area contributed by atoms with Crippen molar-refractivity contribution in [2.45, 2.75) is 22.9 Å². The molecular weight excluding hydrogens is 367 g/mol. The van der Waals surface area contributed by atoms with E-state index in [0.717, 1.165) is 23.9 Å². The average molecular weight is 381 g/mol. The van der Waals surface area contributed by atoms with E-state index in [0.29, 0.717) is 15.5 Å². The lowest BCUT2D eigenvalue weighted by molar-refractivity contribution is -0.145. The number of hydrogen-bond acceptors (Lipinski definition) is 5. The Morgan fingerprint density at radius 2 is 1.88 bits per heavy atom. The standard InChI is InChI=1S/C18H14F3NO3S/c1-2-24-17(23)11-25-14-4-6-15(7-5-14)26-16-8-3-13(18(19,20)21)9-12(16)10-22/h3-9H,2,11H2,1H3. The van der Waals surface area contributed by atoms with E-state index >= 15 is 0 Å². The van der Waals surface area contributed by atoms with E-state index in [9.17, 15) is 18.0 Å². The van der Waals surface area contributed by atoms with E-state index in [1.54, 1.807) is 37.3 Å². The minimum absolute atomic E-state index is 0.0486. The Hall–Kier alpha value is -2.66. The van der Waals surface area contributed by atoms with E-state index in [1.165, 1.54) is 6.07 Å². The van der Waals surface area contributed by atoms with Crippen molar-refractivity contribution >= 4 is 17.7 Å². The molecule has 2 aromatic carbocycles. The normalized spacial score (nSPS) is 10.9. The second kappa shape index (κ2) is 8.63. The molecule has 0 N–H and O–H groups in total. The van der Waals surface area contributed by atoms with Crippen LogP contribution < -0.4 is 4.74 Å². The van der Waals surface area contributed by atoms with E-state index in [4.69, 9.17) is 14.7 Å². The van der Waals surface area contributed by atoms with Crippen LogP contribution >= 0.6 is 11.8 Å². The predicted molar refractivity (Wildman–Crippen MR) is 88.9 cm³/mol. The smallest absolute Gasteiger partial charge is 0.416 e. The van der Waals surface area contributed by atoms with Crippen LogP contribution in [-0.4, -0.2) is 19.2 Å². The summed E-state index contributed by atoms with van der Waals surface area (Å²) in [5.41, 5.74) is -0.909. The van der Waals surface area contributed by atoms with Crippen LogP contribution in [0.15, 0.2) is 52.3 Å². The molecule has 0 bridgehead atoms. The van der Waals surface area contributed by atoms with Gasteiger partial charge in [-0.1, -0.05) is 11.8 Å². The fraction of sp³-hybridized carbons (Fsp3) is 0.222. The van der Waals surface area contributed by atoms with Crippen molar-refractivity contribution in [3.05, 3.63) is 53.6 Å². The zero-order valence-electron chi connectivity index (χ0n) is 13.7. The molecule has 136 valence electrons. The first-order chi connectivity index (χ1) is 12.3. The molecule has 0 amide bonds. The van der Waals surface area contributed by atoms with Crippen LogP contribution in [0.5, 0.6) is 5.75 Å². The number of benzene rings is 2. The lowest BCUT2D eigenvalue weighted by Gasteiger charge is -2.10. The highest BCUT2D eigenvalue weighted by Crippen LogP contribution is 2.35. The van der Waals surface area contributed by atoms with E-state index < -0.39 is 17.7 Å². The summed E-state index contributed by atoms with van der Waals surface area (Å²) in [6, 6.07) is 11.5. The van der Waals surface area contributed by atoms with Gasteiger partial charge in [-0.05, 0) is 49.4 Å². The molecule has 2 aromatic rings. The molecule has 0 aliphatic heterocycles. The van der Waals surface area contributed by atoms with Crippen molar-refractivity contribution in [1.82, 2.24) is 0 Å². The molecule has 0 atom stereocenters. The lowest BCUT2D eigenvalue weighted by atomic mass is 10.1. The maximum Gasteiger partial charge on any atom is 0.416 e. The number of halogens is 3. The Balaban J connectivity index is 2.07. The number of carbonyl (C=O) groups is 1. The van der Waals surface area contributed by atoms with Crippen molar-refractivity contribution in [1.29, 1.82) is 5.26 Å². The summed E-state index contributed by atoms with van der Waals surface area (Å²) in [5, 5.41) is 9.10. The van der Waals surface area contributed by atoms with E-state index in [1.807, 2.05) is 0 Å². The summed E-state index contributed by atoms with van der Waals surface area (Å²) in [5.74, 6) is -0.0234. The van der Waals surface area contributed by atoms with Gasteiger partial charge in [-0.25, -0.2) is 4.79 Å². The Kier molecular flexibility index (Phi) is 6.52. The molecule has 0 heterocycles. The number of carbonyl (C=O) groups excluding carboxylic acids is 1. The predicted octanol–water partition coefficient (Wildman–Crippen LogP) is 4.67. The van der Waals surface area contributed by atoms with Crippen molar-refractivity contribution in [2.24, 2.45) is 0 Å². The van der Waals surface area contributed by atoms with Gasteiger partial charge in [0, 0.05) is 9.79 Å². The van der Waals surface area contributed by atoms with E-state index in [-0.39, 0.29) is 18.8 Å². The quantitative estimate of drug-likeness (QED) is 0.681. The van der Waals surface area contributed by atoms with Crippen LogP contribution in [0.25, 0.3) is 0 Å². The van der Waals surface area contributed by atoms with Crippen LogP contribution in [0.4, 0.5) is 13.2 Å². The number of nitrogens with zero attached hydrogens (tertiary/aromatic N) is 1. The average Bonchev–Trinajstić information content (AvgIpc) is 2.61. The third-order valence-corrected chi connectivity index (χ3v) is 4.22. The topological polar surface area (TPSA) is 59.3 Å². The molecule has 4 nitrogen and oxygen atoms in total. The minimum atomic E-state index is -4.49. The van der Waals surface area contributed by atoms with Gasteiger partial charge in [0.1, 0.15) is 11.8 Å². The number of rotatable bonds is 6. The molecule has 26 heavy (non-hydrogen) atoms. The first-order valence-electron chi connectivity index (χ1n) is 7.51. The monoisotopic (exact) mass is 381 g/mol. The Morgan fingerprint density at radius 1 is 1.19 bits per heavy atom. The lowest BCUT2D eigenvalue weighted by Crippen LogP contribution is -2.14. The fourth-order valence-corrected chi connectivity index (χ4v) is 2.84. The van der Waals surface area contributed by atoms with Crippen LogP contribution in [0.2, 0.25) is 0 Å². The maximum atomic E-state index is 12.7. The van der Waals surface area contributed by atoms with Gasteiger partial charge in [0.2, 0.25) is 0 Å². The molecule has 0 aliphatic carbocycles. The number of alkyl halides is 3. The number of hydrogen-bond donors (Lipinski definition) is 0. The third kappa shape index (κ3) is 5.43. The molecule has 0 unspecified atom stereocenters. The van der Waals surface area contributed by atoms with Crippen molar-refractivity contribution in [3.63, 3.8) is 0 Å². The van der Waals surface area contributed by atoms with Gasteiger partial charge in [-0.2, -0.15) is 18.4 Å². The zero-order valence-corrected chi connectivity index (χ0v) is 14.5. The molecule has 8 heteroatoms. The summed E-state index contributed by atoms with van der Waals surface area (Å²) < 4.78 is 48.2. The number of nitriles is 1. The Morgan fingerprint density at radius 3 is 2.46 bits per heavy atom. The zero-order chi connectivity index (χ0) is 19.2. The first-order valence-corrected chi connectivity index (χ1v) is 8.33. The highest BCUT2D eigenvalue weighted by Gasteiger charge is 2.31. The molecule has 0 fully saturated rings. The van der Waals surface area contributed by atoms with Crippen LogP contribution in [0, 0.1) is 11.3 Å². The molecule has 2 rings (SSSR count). The Bertz CT molecular complexity index is 814. The third-order valence-electron chi connectivity index (χ3n) is 3.14. The van der Waals surface area contributed by atoms with Crippen LogP contribution in [-0.2, 0) is 15.7 Å². The number of ether oxygens (including phenoxy) is 2. The van der Waals surface area contributed by atoms with Crippen molar-refractivity contribution in [2.75, 3.05) is 13.2 Å². The SMILES string of the molecule is CCOC(=O)COc1ccc(Sc2ccc(C(F)(F)F)cc2C#N)cc1. The second-order valence-corrected chi connectivity index (χ2v) is 6.10. The van der Waals surface area contributed by atoms with Gasteiger partial charge < -0.3 is 9.47 Å². The highest BCUT2D eigenvalue weighted by molar-refractivity contribution is 7.99. The van der Waals surface area contributed by atoms with Crippen LogP contribution in [0.1, 0.15) is 18.1 Å². The summed E-state index contributed by atoms with van der Waals surface area (Å²) in [6.07, 6.45) is -4.49. The summed E-state index contributed by atoms with van der Waals surface area (Å²) in [7, 11) is 0. The molecule has 0 aromatic heterocycles. The van der Waals surface area contributed by atoms with Crippen LogP contribution in [0.3, 0.4) is 0 Å². The highest BCUT2D eigenvalue weighted by atomic mass is 32.2. The van der Waals surface area contributed by atoms with Crippen molar-refractivity contribution < 1.29 is 27.4 Å². The summed E-state index contributed by atoms with van der Waals surface area (Å²) in [6.45, 7) is 1.75. The molecule has 0 spiro atoms. The molecule has 0 saturated heterocycles. The van der Waals surface area contributed by atoms with Gasteiger partial charge >= 0.3 is 12.1 Å². The summed E-state index contributed by atoms with van der Waals surface area (Å²) in [4.78, 5) is 12.4. The van der Waals surface area contributed by atoms with E-state index in [2.05, 4.69) is 0 Å². The first kappa shape index (κ1) is 19.7. The second-order valence-electron chi connectivity index (χ2n) is 4.99. The largest absolute Gasteiger partial charge is 0.482 e. The summed E-state index contributed by atoms with van der Waals surface area (Å²) >= 11 is 1.16. The fourth-order valence-electron chi connectivity index (χ4n) is 1.96. The molecule has 0 aliphatic rings.